The highest BCUT2D eigenvalue weighted by Crippen LogP contribution is 2.14. The summed E-state index contributed by atoms with van der Waals surface area (Å²) in [5.74, 6) is -1.00. The highest BCUT2D eigenvalue weighted by Gasteiger charge is 2.19. The van der Waals surface area contributed by atoms with Gasteiger partial charge in [-0.1, -0.05) is 11.6 Å². The monoisotopic (exact) mass is 390 g/mol. The highest BCUT2D eigenvalue weighted by atomic mass is 35.5. The van der Waals surface area contributed by atoms with Crippen LogP contribution in [0, 0.1) is 0 Å². The molecular formula is C19H19ClN2O5. The normalized spacial score (nSPS) is 11.2. The molecule has 0 radical (unpaired) electrons. The maximum absolute atomic E-state index is 12.1. The van der Waals surface area contributed by atoms with E-state index in [1.807, 2.05) is 0 Å². The molecule has 2 aromatic rings. The van der Waals surface area contributed by atoms with Crippen LogP contribution in [-0.2, 0) is 14.3 Å². The summed E-state index contributed by atoms with van der Waals surface area (Å²) < 4.78 is 9.95. The number of hydrogen-bond acceptors (Lipinski definition) is 5. The minimum atomic E-state index is -0.915. The Morgan fingerprint density at radius 1 is 1.04 bits per heavy atom. The molecule has 1 atom stereocenters. The van der Waals surface area contributed by atoms with Gasteiger partial charge in [-0.15, -0.1) is 0 Å². The predicted octanol–water partition coefficient (Wildman–Crippen LogP) is 2.65. The van der Waals surface area contributed by atoms with Gasteiger partial charge >= 0.3 is 5.97 Å². The van der Waals surface area contributed by atoms with E-state index in [2.05, 4.69) is 10.6 Å². The molecule has 27 heavy (non-hydrogen) atoms. The molecule has 0 aliphatic carbocycles. The van der Waals surface area contributed by atoms with E-state index < -0.39 is 30.4 Å². The average Bonchev–Trinajstić information content (AvgIpc) is 2.67. The first-order chi connectivity index (χ1) is 12.9. The number of rotatable bonds is 7. The van der Waals surface area contributed by atoms with Crippen LogP contribution in [0.5, 0.6) is 5.75 Å². The Hall–Kier alpha value is -3.06. The number of benzene rings is 2. The first kappa shape index (κ1) is 20.3. The van der Waals surface area contributed by atoms with Gasteiger partial charge in [0.1, 0.15) is 11.8 Å². The molecule has 2 rings (SSSR count). The second-order valence-electron chi connectivity index (χ2n) is 5.59. The van der Waals surface area contributed by atoms with Crippen molar-refractivity contribution in [2.75, 3.05) is 19.0 Å². The van der Waals surface area contributed by atoms with Crippen LogP contribution in [0.25, 0.3) is 0 Å². The van der Waals surface area contributed by atoms with Gasteiger partial charge in [0.15, 0.2) is 6.61 Å². The van der Waals surface area contributed by atoms with Gasteiger partial charge in [0.25, 0.3) is 11.8 Å². The van der Waals surface area contributed by atoms with Crippen LogP contribution in [0.2, 0.25) is 5.02 Å². The van der Waals surface area contributed by atoms with Gasteiger partial charge in [-0.25, -0.2) is 4.79 Å². The molecule has 0 fully saturated rings. The number of anilines is 1. The Balaban J connectivity index is 1.78. The van der Waals surface area contributed by atoms with Gasteiger partial charge in [0.05, 0.1) is 7.11 Å². The van der Waals surface area contributed by atoms with Crippen LogP contribution in [0.1, 0.15) is 17.3 Å². The molecule has 2 amide bonds. The molecule has 0 bridgehead atoms. The van der Waals surface area contributed by atoms with Crippen molar-refractivity contribution in [1.29, 1.82) is 0 Å². The number of methoxy groups -OCH3 is 1. The molecule has 0 heterocycles. The van der Waals surface area contributed by atoms with Crippen LogP contribution >= 0.6 is 11.6 Å². The molecule has 2 aromatic carbocycles. The van der Waals surface area contributed by atoms with Crippen LogP contribution in [-0.4, -0.2) is 37.5 Å². The zero-order chi connectivity index (χ0) is 19.8. The molecular weight excluding hydrogens is 372 g/mol. The van der Waals surface area contributed by atoms with Crippen molar-refractivity contribution in [1.82, 2.24) is 5.32 Å². The van der Waals surface area contributed by atoms with Crippen LogP contribution in [0.4, 0.5) is 5.69 Å². The Labute approximate surface area is 161 Å². The standard InChI is InChI=1S/C19H19ClN2O5/c1-12(21-18(24)13-3-5-14(20)6-4-13)19(25)27-11-17(23)22-15-7-9-16(26-2)10-8-15/h3-10,12H,11H2,1-2H3,(H,21,24)(H,22,23)/t12-/m0/s1. The predicted molar refractivity (Wildman–Crippen MR) is 101 cm³/mol. The Bertz CT molecular complexity index is 806. The minimum absolute atomic E-state index is 0.358. The lowest BCUT2D eigenvalue weighted by Crippen LogP contribution is -2.40. The van der Waals surface area contributed by atoms with E-state index in [0.717, 1.165) is 0 Å². The third-order valence-corrected chi connectivity index (χ3v) is 3.78. The Kier molecular flexibility index (Phi) is 7.19. The maximum atomic E-state index is 12.1. The molecule has 0 unspecified atom stereocenters. The first-order valence-corrected chi connectivity index (χ1v) is 8.44. The molecule has 0 saturated carbocycles. The van der Waals surface area contributed by atoms with E-state index in [4.69, 9.17) is 21.1 Å². The number of esters is 1. The fraction of sp³-hybridized carbons (Fsp3) is 0.211. The SMILES string of the molecule is COc1ccc(NC(=O)COC(=O)[C@H](C)NC(=O)c2ccc(Cl)cc2)cc1. The van der Waals surface area contributed by atoms with Crippen molar-refractivity contribution < 1.29 is 23.9 Å². The zero-order valence-corrected chi connectivity index (χ0v) is 15.6. The summed E-state index contributed by atoms with van der Waals surface area (Å²) in [6.45, 7) is 1.00. The van der Waals surface area contributed by atoms with Crippen LogP contribution in [0.3, 0.4) is 0 Å². The summed E-state index contributed by atoms with van der Waals surface area (Å²) in [6.07, 6.45) is 0. The molecule has 0 spiro atoms. The maximum Gasteiger partial charge on any atom is 0.328 e. The number of carbonyl (C=O) groups excluding carboxylic acids is 3. The van der Waals surface area contributed by atoms with E-state index in [1.165, 1.54) is 19.1 Å². The van der Waals surface area contributed by atoms with E-state index >= 15 is 0 Å². The van der Waals surface area contributed by atoms with Crippen LogP contribution in [0.15, 0.2) is 48.5 Å². The zero-order valence-electron chi connectivity index (χ0n) is 14.8. The lowest BCUT2D eigenvalue weighted by atomic mass is 10.2. The van der Waals surface area contributed by atoms with Gasteiger partial charge < -0.3 is 20.1 Å². The Morgan fingerprint density at radius 2 is 1.67 bits per heavy atom. The van der Waals surface area contributed by atoms with Crippen LogP contribution < -0.4 is 15.4 Å². The van der Waals surface area contributed by atoms with Crippen molar-refractivity contribution in [3.63, 3.8) is 0 Å². The van der Waals surface area contributed by atoms with E-state index in [9.17, 15) is 14.4 Å². The number of nitrogens with one attached hydrogen (secondary N) is 2. The van der Waals surface area contributed by atoms with E-state index in [-0.39, 0.29) is 0 Å². The lowest BCUT2D eigenvalue weighted by Gasteiger charge is -2.13. The molecule has 0 aliphatic rings. The van der Waals surface area contributed by atoms with Crippen molar-refractivity contribution in [2.24, 2.45) is 0 Å². The fourth-order valence-electron chi connectivity index (χ4n) is 2.07. The molecule has 142 valence electrons. The minimum Gasteiger partial charge on any atom is -0.497 e. The fourth-order valence-corrected chi connectivity index (χ4v) is 2.20. The quantitative estimate of drug-likeness (QED) is 0.709. The number of amides is 2. The van der Waals surface area contributed by atoms with Crippen molar-refractivity contribution in [3.05, 3.63) is 59.1 Å². The number of hydrogen-bond donors (Lipinski definition) is 2. The average molecular weight is 391 g/mol. The smallest absolute Gasteiger partial charge is 0.328 e. The lowest BCUT2D eigenvalue weighted by molar-refractivity contribution is -0.148. The van der Waals surface area contributed by atoms with Crippen molar-refractivity contribution in [2.45, 2.75) is 13.0 Å². The second kappa shape index (κ2) is 9.59. The van der Waals surface area contributed by atoms with Crippen molar-refractivity contribution >= 4 is 35.1 Å². The third kappa shape index (κ3) is 6.31. The summed E-state index contributed by atoms with van der Waals surface area (Å²) in [6, 6.07) is 12.0. The van der Waals surface area contributed by atoms with Crippen molar-refractivity contribution in [3.8, 4) is 5.75 Å². The molecule has 2 N–H and O–H groups in total. The third-order valence-electron chi connectivity index (χ3n) is 3.53. The van der Waals surface area contributed by atoms with Gasteiger partial charge in [0, 0.05) is 16.3 Å². The Morgan fingerprint density at radius 3 is 2.26 bits per heavy atom. The van der Waals surface area contributed by atoms with Gasteiger partial charge in [-0.3, -0.25) is 9.59 Å². The summed E-state index contributed by atoms with van der Waals surface area (Å²) in [5, 5.41) is 5.59. The number of carbonyl (C=O) groups is 3. The summed E-state index contributed by atoms with van der Waals surface area (Å²) in [5.41, 5.74) is 0.900. The molecule has 0 aromatic heterocycles. The summed E-state index contributed by atoms with van der Waals surface area (Å²) in [4.78, 5) is 35.9. The first-order valence-electron chi connectivity index (χ1n) is 8.06. The molecule has 0 aliphatic heterocycles. The topological polar surface area (TPSA) is 93.7 Å². The largest absolute Gasteiger partial charge is 0.497 e. The van der Waals surface area contributed by atoms with Gasteiger partial charge in [-0.05, 0) is 55.5 Å². The molecule has 0 saturated heterocycles. The second-order valence-corrected chi connectivity index (χ2v) is 6.02. The van der Waals surface area contributed by atoms with Gasteiger partial charge in [-0.2, -0.15) is 0 Å². The van der Waals surface area contributed by atoms with E-state index in [0.29, 0.717) is 22.0 Å². The number of ether oxygens (including phenoxy) is 2. The highest BCUT2D eigenvalue weighted by molar-refractivity contribution is 6.30. The van der Waals surface area contributed by atoms with Gasteiger partial charge in [0.2, 0.25) is 0 Å². The summed E-state index contributed by atoms with van der Waals surface area (Å²) >= 11 is 5.77. The molecule has 7 nitrogen and oxygen atoms in total. The summed E-state index contributed by atoms with van der Waals surface area (Å²) in [7, 11) is 1.54. The number of halogens is 1. The van der Waals surface area contributed by atoms with E-state index in [1.54, 1.807) is 43.5 Å². The molecule has 8 heteroatoms.